The third-order valence-corrected chi connectivity index (χ3v) is 6.32. The molecule has 106 valence electrons. The molecule has 0 spiro atoms. The van der Waals surface area contributed by atoms with Crippen molar-refractivity contribution < 1.29 is 33.5 Å². The third-order valence-electron chi connectivity index (χ3n) is 2.38. The van der Waals surface area contributed by atoms with Gasteiger partial charge in [0, 0.05) is 5.56 Å². The van der Waals surface area contributed by atoms with E-state index in [0.717, 1.165) is 0 Å². The molecule has 10 heteroatoms. The molecule has 0 aliphatic rings. The number of hydrogen-bond acceptors (Lipinski definition) is 3. The van der Waals surface area contributed by atoms with Gasteiger partial charge < -0.3 is 19.6 Å². The van der Waals surface area contributed by atoms with Crippen molar-refractivity contribution in [3.63, 3.8) is 0 Å². The van der Waals surface area contributed by atoms with Gasteiger partial charge in [-0.2, -0.15) is 0 Å². The minimum atomic E-state index is -4.95. The molecule has 1 rings (SSSR count). The van der Waals surface area contributed by atoms with Gasteiger partial charge in [0.05, 0.1) is 0 Å². The number of carbonyl (C=O) groups excluding carboxylic acids is 1. The average molecular weight is 329 g/mol. The van der Waals surface area contributed by atoms with E-state index in [1.165, 1.54) is 24.3 Å². The summed E-state index contributed by atoms with van der Waals surface area (Å²) in [5.74, 6) is 0. The fourth-order valence-corrected chi connectivity index (χ4v) is 4.01. The van der Waals surface area contributed by atoms with Gasteiger partial charge in [-0.05, 0) is 35.7 Å². The number of rotatable bonds is 5. The van der Waals surface area contributed by atoms with Gasteiger partial charge >= 0.3 is 15.2 Å². The van der Waals surface area contributed by atoms with Crippen molar-refractivity contribution in [1.29, 1.82) is 0 Å². The van der Waals surface area contributed by atoms with E-state index in [2.05, 4.69) is 0 Å². The molecule has 0 fully saturated rings. The molecule has 0 aliphatic heterocycles. The van der Waals surface area contributed by atoms with Crippen LogP contribution < -0.4 is 0 Å². The second-order valence-electron chi connectivity index (χ2n) is 3.83. The monoisotopic (exact) mass is 328 g/mol. The molecule has 0 heterocycles. The lowest BCUT2D eigenvalue weighted by molar-refractivity contribution is 0.108. The minimum Gasteiger partial charge on any atom is -0.324 e. The molecule has 4 N–H and O–H groups in total. The summed E-state index contributed by atoms with van der Waals surface area (Å²) in [4.78, 5) is 46.7. The first-order valence-corrected chi connectivity index (χ1v) is 8.65. The summed E-state index contributed by atoms with van der Waals surface area (Å²) >= 11 is 5.22. The minimum absolute atomic E-state index is 0.175. The SMILES string of the molecule is O=C(Cl)c1ccc(CC(P(=O)(O)O)P(=O)(O)O)cc1. The molecular formula is C9H11ClO7P2. The second kappa shape index (κ2) is 5.85. The Balaban J connectivity index is 3.02. The highest BCUT2D eigenvalue weighted by molar-refractivity contribution is 7.70. The summed E-state index contributed by atoms with van der Waals surface area (Å²) in [6.07, 6.45) is -0.509. The third kappa shape index (κ3) is 4.82. The predicted molar refractivity (Wildman–Crippen MR) is 68.2 cm³/mol. The Morgan fingerprint density at radius 1 is 1.05 bits per heavy atom. The Morgan fingerprint density at radius 2 is 1.47 bits per heavy atom. The molecule has 0 bridgehead atoms. The van der Waals surface area contributed by atoms with Crippen LogP contribution in [0, 0.1) is 0 Å². The summed E-state index contributed by atoms with van der Waals surface area (Å²) in [7, 11) is -9.90. The fourth-order valence-electron chi connectivity index (χ4n) is 1.42. The summed E-state index contributed by atoms with van der Waals surface area (Å²) < 4.78 is 22.2. The van der Waals surface area contributed by atoms with Crippen LogP contribution in [-0.4, -0.2) is 30.2 Å². The zero-order valence-corrected chi connectivity index (χ0v) is 11.9. The van der Waals surface area contributed by atoms with E-state index in [0.29, 0.717) is 0 Å². The Kier molecular flexibility index (Phi) is 5.09. The molecule has 0 radical (unpaired) electrons. The first-order valence-electron chi connectivity index (χ1n) is 4.91. The number of carbonyl (C=O) groups is 1. The van der Waals surface area contributed by atoms with E-state index in [-0.39, 0.29) is 11.1 Å². The smallest absolute Gasteiger partial charge is 0.324 e. The second-order valence-corrected chi connectivity index (χ2v) is 8.19. The highest BCUT2D eigenvalue weighted by atomic mass is 35.5. The van der Waals surface area contributed by atoms with E-state index in [1.807, 2.05) is 0 Å². The predicted octanol–water partition coefficient (Wildman–Crippen LogP) is 1.29. The summed E-state index contributed by atoms with van der Waals surface area (Å²) in [6.45, 7) is 0. The van der Waals surface area contributed by atoms with Gasteiger partial charge in [-0.3, -0.25) is 13.9 Å². The maximum absolute atomic E-state index is 11.1. The summed E-state index contributed by atoms with van der Waals surface area (Å²) in [5.41, 5.74) is 0.452. The number of benzene rings is 1. The molecule has 0 atom stereocenters. The van der Waals surface area contributed by atoms with Crippen LogP contribution in [0.25, 0.3) is 0 Å². The Morgan fingerprint density at radius 3 is 1.79 bits per heavy atom. The quantitative estimate of drug-likeness (QED) is 0.473. The van der Waals surface area contributed by atoms with Gasteiger partial charge in [0.25, 0.3) is 5.24 Å². The van der Waals surface area contributed by atoms with E-state index in [1.54, 1.807) is 0 Å². The number of hydrogen-bond donors (Lipinski definition) is 4. The van der Waals surface area contributed by atoms with E-state index in [9.17, 15) is 13.9 Å². The Bertz CT molecular complexity index is 536. The van der Waals surface area contributed by atoms with Gasteiger partial charge in [0.1, 0.15) is 0 Å². The van der Waals surface area contributed by atoms with Crippen LogP contribution in [0.15, 0.2) is 24.3 Å². The molecule has 1 aromatic carbocycles. The largest absolute Gasteiger partial charge is 0.341 e. The lowest BCUT2D eigenvalue weighted by Gasteiger charge is -2.19. The van der Waals surface area contributed by atoms with Crippen LogP contribution in [0.2, 0.25) is 0 Å². The highest BCUT2D eigenvalue weighted by Crippen LogP contribution is 2.60. The van der Waals surface area contributed by atoms with Crippen LogP contribution >= 0.6 is 26.8 Å². The maximum Gasteiger partial charge on any atom is 0.341 e. The molecule has 0 aromatic heterocycles. The van der Waals surface area contributed by atoms with Crippen molar-refractivity contribution in [2.75, 3.05) is 0 Å². The average Bonchev–Trinajstić information content (AvgIpc) is 2.23. The molecule has 0 aliphatic carbocycles. The van der Waals surface area contributed by atoms with Crippen LogP contribution in [0.3, 0.4) is 0 Å². The van der Waals surface area contributed by atoms with Crippen LogP contribution in [0.1, 0.15) is 15.9 Å². The van der Waals surface area contributed by atoms with Gasteiger partial charge in [-0.25, -0.2) is 0 Å². The molecule has 1 aromatic rings. The molecule has 19 heavy (non-hydrogen) atoms. The molecule has 7 nitrogen and oxygen atoms in total. The Hall–Kier alpha value is -0.520. The normalized spacial score (nSPS) is 12.7. The standard InChI is InChI=1S/C9H11ClO7P2/c10-9(11)7-3-1-6(2-4-7)5-8(18(12,13)14)19(15,16)17/h1-4,8H,5H2,(H2,12,13,14)(H2,15,16,17). The van der Waals surface area contributed by atoms with E-state index in [4.69, 9.17) is 31.2 Å². The molecule has 0 amide bonds. The molecule has 0 unspecified atom stereocenters. The molecule has 0 saturated heterocycles. The van der Waals surface area contributed by atoms with Crippen molar-refractivity contribution in [2.45, 2.75) is 11.8 Å². The lowest BCUT2D eigenvalue weighted by atomic mass is 10.1. The van der Waals surface area contributed by atoms with Crippen molar-refractivity contribution >= 4 is 32.0 Å². The van der Waals surface area contributed by atoms with Gasteiger partial charge in [0.2, 0.25) is 0 Å². The van der Waals surface area contributed by atoms with Crippen molar-refractivity contribution in [3.8, 4) is 0 Å². The van der Waals surface area contributed by atoms with Crippen LogP contribution in [0.5, 0.6) is 0 Å². The van der Waals surface area contributed by atoms with Crippen LogP contribution in [0.4, 0.5) is 0 Å². The van der Waals surface area contributed by atoms with Gasteiger partial charge in [0.15, 0.2) is 5.40 Å². The molecular weight excluding hydrogens is 317 g/mol. The van der Waals surface area contributed by atoms with E-state index >= 15 is 0 Å². The molecule has 0 saturated carbocycles. The van der Waals surface area contributed by atoms with Gasteiger partial charge in [-0.15, -0.1) is 0 Å². The van der Waals surface area contributed by atoms with Crippen molar-refractivity contribution in [2.24, 2.45) is 0 Å². The van der Waals surface area contributed by atoms with Gasteiger partial charge in [-0.1, -0.05) is 12.1 Å². The Labute approximate surface area is 113 Å². The van der Waals surface area contributed by atoms with E-state index < -0.39 is 32.3 Å². The zero-order valence-electron chi connectivity index (χ0n) is 9.38. The van der Waals surface area contributed by atoms with Crippen molar-refractivity contribution in [1.82, 2.24) is 0 Å². The number of halogens is 1. The zero-order chi connectivity index (χ0) is 14.8. The summed E-state index contributed by atoms with van der Waals surface area (Å²) in [6, 6.07) is 5.27. The van der Waals surface area contributed by atoms with Crippen LogP contribution in [-0.2, 0) is 15.6 Å². The topological polar surface area (TPSA) is 132 Å². The first-order chi connectivity index (χ1) is 8.51. The fraction of sp³-hybridized carbons (Fsp3) is 0.222. The first kappa shape index (κ1) is 16.5. The van der Waals surface area contributed by atoms with Crippen molar-refractivity contribution in [3.05, 3.63) is 35.4 Å². The maximum atomic E-state index is 11.1. The summed E-state index contributed by atoms with van der Waals surface area (Å²) in [5, 5.41) is -2.80. The highest BCUT2D eigenvalue weighted by Gasteiger charge is 2.43. The lowest BCUT2D eigenvalue weighted by Crippen LogP contribution is -2.12.